The Morgan fingerprint density at radius 1 is 0.642 bits per heavy atom. The number of nitrogens with zero attached hydrogens (tertiary/aromatic N) is 7. The highest BCUT2D eigenvalue weighted by molar-refractivity contribution is 7.10. The summed E-state index contributed by atoms with van der Waals surface area (Å²) in [4.78, 5) is 81.9. The van der Waals surface area contributed by atoms with Gasteiger partial charge in [0, 0.05) is 129 Å². The van der Waals surface area contributed by atoms with Crippen LogP contribution in [0.15, 0.2) is 108 Å². The minimum atomic E-state index is -0.162. The van der Waals surface area contributed by atoms with Gasteiger partial charge in [0.15, 0.2) is 0 Å². The molecule has 3 unspecified atom stereocenters. The number of pyridine rings is 1. The number of hydrogen-bond donors (Lipinski definition) is 2. The monoisotopic (exact) mass is 977 g/mol. The van der Waals surface area contributed by atoms with E-state index in [0.29, 0.717) is 41.4 Å². The highest BCUT2D eigenvalue weighted by Gasteiger charge is 2.30. The Hall–Kier alpha value is -6.14. The molecule has 0 radical (unpaired) electrons. The zero-order valence-corrected chi connectivity index (χ0v) is 40.5. The first-order valence-corrected chi connectivity index (χ1v) is 25.0. The van der Waals surface area contributed by atoms with Gasteiger partial charge < -0.3 is 25.3 Å². The fraction of sp³-hybridized carbons (Fsp3) is 0.327. The topological polar surface area (TPSA) is 171 Å². The SMILES string of the molecule is CC(=O)Nc1ccc(/C=C/C(=O)N2CCC(c3nccs3)C2)cn1.CC(=O)Nc1ccc(CC(=O)N2CCC(c3nccs3)C2)cc1.O=C(Cc1ccccc1Cl)N1CCC(c2nccs2)C1. The van der Waals surface area contributed by atoms with Crippen LogP contribution in [0.4, 0.5) is 11.5 Å². The van der Waals surface area contributed by atoms with Crippen LogP contribution in [-0.4, -0.2) is 103 Å². The molecule has 2 aromatic carbocycles. The second kappa shape index (κ2) is 24.1. The molecule has 67 heavy (non-hydrogen) atoms. The summed E-state index contributed by atoms with van der Waals surface area (Å²) in [5.41, 5.74) is 3.42. The number of amides is 5. The molecule has 0 saturated carbocycles. The van der Waals surface area contributed by atoms with Crippen LogP contribution in [0.25, 0.3) is 6.08 Å². The highest BCUT2D eigenvalue weighted by Crippen LogP contribution is 2.31. The lowest BCUT2D eigenvalue weighted by Gasteiger charge is -2.16. The number of thiazole rings is 3. The molecule has 0 spiro atoms. The van der Waals surface area contributed by atoms with Crippen molar-refractivity contribution in [2.75, 3.05) is 49.9 Å². The number of nitrogens with one attached hydrogen (secondary N) is 2. The summed E-state index contributed by atoms with van der Waals surface area (Å²) in [6.45, 7) is 7.53. The molecule has 18 heteroatoms. The quantitative estimate of drug-likeness (QED) is 0.121. The lowest BCUT2D eigenvalue weighted by Crippen LogP contribution is -2.29. The zero-order valence-electron chi connectivity index (χ0n) is 37.3. The Kier molecular flexibility index (Phi) is 17.5. The van der Waals surface area contributed by atoms with Crippen LogP contribution in [0.1, 0.15) is 82.6 Å². The Balaban J connectivity index is 0.000000150. The van der Waals surface area contributed by atoms with Crippen molar-refractivity contribution in [2.45, 2.75) is 63.7 Å². The summed E-state index contributed by atoms with van der Waals surface area (Å²) < 4.78 is 0. The van der Waals surface area contributed by atoms with Crippen LogP contribution in [-0.2, 0) is 36.8 Å². The Morgan fingerprint density at radius 3 is 1.66 bits per heavy atom. The molecule has 14 nitrogen and oxygen atoms in total. The molecule has 5 amide bonds. The average molecular weight is 979 g/mol. The highest BCUT2D eigenvalue weighted by atomic mass is 35.5. The number of hydrogen-bond acceptors (Lipinski definition) is 12. The van der Waals surface area contributed by atoms with Crippen molar-refractivity contribution < 1.29 is 24.0 Å². The van der Waals surface area contributed by atoms with E-state index in [-0.39, 0.29) is 29.5 Å². The fourth-order valence-corrected chi connectivity index (χ4v) is 10.5. The number of likely N-dealkylation sites (tertiary alicyclic amines) is 3. The third-order valence-electron chi connectivity index (χ3n) is 11.4. The van der Waals surface area contributed by atoms with Gasteiger partial charge in [-0.25, -0.2) is 19.9 Å². The van der Waals surface area contributed by atoms with Gasteiger partial charge in [-0.1, -0.05) is 41.9 Å². The smallest absolute Gasteiger partial charge is 0.246 e. The molecule has 6 aromatic rings. The van der Waals surface area contributed by atoms with Crippen LogP contribution in [0.5, 0.6) is 0 Å². The van der Waals surface area contributed by atoms with Gasteiger partial charge in [0.05, 0.1) is 27.9 Å². The van der Waals surface area contributed by atoms with Gasteiger partial charge in [0.25, 0.3) is 0 Å². The number of aromatic nitrogens is 4. The second-order valence-electron chi connectivity index (χ2n) is 16.3. The molecule has 3 atom stereocenters. The number of carbonyl (C=O) groups excluding carboxylic acids is 5. The van der Waals surface area contributed by atoms with Crippen molar-refractivity contribution in [2.24, 2.45) is 0 Å². The average Bonchev–Trinajstić information content (AvgIpc) is 4.17. The van der Waals surface area contributed by atoms with Gasteiger partial charge in [0.2, 0.25) is 29.5 Å². The fourth-order valence-electron chi connectivity index (χ4n) is 7.99. The molecular formula is C49H52ClN9O5S3. The molecule has 0 bridgehead atoms. The van der Waals surface area contributed by atoms with Crippen molar-refractivity contribution in [3.63, 3.8) is 0 Å². The van der Waals surface area contributed by atoms with E-state index >= 15 is 0 Å². The first-order valence-electron chi connectivity index (χ1n) is 22.0. The Morgan fingerprint density at radius 2 is 1.16 bits per heavy atom. The van der Waals surface area contributed by atoms with E-state index in [1.165, 1.54) is 13.8 Å². The van der Waals surface area contributed by atoms with Crippen molar-refractivity contribution >= 4 is 92.7 Å². The Bertz CT molecular complexity index is 2590. The van der Waals surface area contributed by atoms with Crippen LogP contribution in [0.2, 0.25) is 5.02 Å². The molecule has 0 aliphatic carbocycles. The maximum atomic E-state index is 12.4. The maximum Gasteiger partial charge on any atom is 0.246 e. The van der Waals surface area contributed by atoms with E-state index in [9.17, 15) is 24.0 Å². The van der Waals surface area contributed by atoms with E-state index in [2.05, 4.69) is 30.6 Å². The molecule has 3 aliphatic rings. The predicted octanol–water partition coefficient (Wildman–Crippen LogP) is 8.54. The lowest BCUT2D eigenvalue weighted by atomic mass is 10.1. The molecular weight excluding hydrogens is 926 g/mol. The summed E-state index contributed by atoms with van der Waals surface area (Å²) in [6, 6.07) is 18.5. The maximum absolute atomic E-state index is 12.4. The van der Waals surface area contributed by atoms with Gasteiger partial charge in [-0.3, -0.25) is 24.0 Å². The molecule has 9 rings (SSSR count). The van der Waals surface area contributed by atoms with Crippen LogP contribution < -0.4 is 10.6 Å². The third kappa shape index (κ3) is 14.4. The summed E-state index contributed by atoms with van der Waals surface area (Å²) in [6.07, 6.45) is 14.1. The van der Waals surface area contributed by atoms with Crippen molar-refractivity contribution in [3.8, 4) is 0 Å². The predicted molar refractivity (Wildman–Crippen MR) is 265 cm³/mol. The zero-order chi connectivity index (χ0) is 47.1. The normalized spacial score (nSPS) is 17.7. The van der Waals surface area contributed by atoms with E-state index in [4.69, 9.17) is 11.6 Å². The van der Waals surface area contributed by atoms with Crippen LogP contribution >= 0.6 is 45.6 Å². The van der Waals surface area contributed by atoms with Gasteiger partial charge in [-0.05, 0) is 72.4 Å². The van der Waals surface area contributed by atoms with Crippen molar-refractivity contribution in [3.05, 3.63) is 144 Å². The minimum Gasteiger partial charge on any atom is -0.342 e. The van der Waals surface area contributed by atoms with Crippen molar-refractivity contribution in [1.82, 2.24) is 34.6 Å². The van der Waals surface area contributed by atoms with E-state index < -0.39 is 0 Å². The summed E-state index contributed by atoms with van der Waals surface area (Å²) in [5, 5.41) is 15.3. The third-order valence-corrected chi connectivity index (χ3v) is 14.6. The standard InChI is InChI=1S/C17H18N4O2S.C17H19N3O2S.C15H15ClN2OS/c1-12(22)20-15-4-2-13(10-19-15)3-5-16(23)21-8-6-14(11-21)17-18-7-9-24-17;1-12(21)19-15-4-2-13(3-5-15)10-16(22)20-8-6-14(11-20)17-18-7-9-23-17;16-13-4-2-1-3-11(13)9-14(19)18-7-5-12(10-18)15-17-6-8-20-15/h2-5,7,9-10,14H,6,8,11H2,1H3,(H,19,20,22);2-5,7,9,14H,6,8,10-11H2,1H3,(H,19,21);1-4,6,8,12H,5,7,9-10H2/b5-3+;;. The Labute approximate surface area is 407 Å². The molecule has 7 heterocycles. The van der Waals surface area contributed by atoms with Crippen LogP contribution in [0, 0.1) is 0 Å². The molecule has 348 valence electrons. The van der Waals surface area contributed by atoms with Gasteiger partial charge in [-0.2, -0.15) is 0 Å². The summed E-state index contributed by atoms with van der Waals surface area (Å²) in [5.74, 6) is 1.65. The first kappa shape index (κ1) is 48.8. The van der Waals surface area contributed by atoms with E-state index in [0.717, 1.165) is 95.9 Å². The van der Waals surface area contributed by atoms with Gasteiger partial charge >= 0.3 is 0 Å². The van der Waals surface area contributed by atoms with Crippen LogP contribution in [0.3, 0.4) is 0 Å². The number of benzene rings is 2. The van der Waals surface area contributed by atoms with E-state index in [1.807, 2.05) is 104 Å². The molecule has 2 N–H and O–H groups in total. The number of halogens is 1. The lowest BCUT2D eigenvalue weighted by molar-refractivity contribution is -0.130. The number of rotatable bonds is 11. The number of carbonyl (C=O) groups is 5. The summed E-state index contributed by atoms with van der Waals surface area (Å²) in [7, 11) is 0. The number of anilines is 2. The van der Waals surface area contributed by atoms with E-state index in [1.54, 1.807) is 58.4 Å². The largest absolute Gasteiger partial charge is 0.342 e. The van der Waals surface area contributed by atoms with Gasteiger partial charge in [-0.15, -0.1) is 34.0 Å². The summed E-state index contributed by atoms with van der Waals surface area (Å²) >= 11 is 11.1. The molecule has 3 aliphatic heterocycles. The molecule has 3 saturated heterocycles. The van der Waals surface area contributed by atoms with Crippen molar-refractivity contribution in [1.29, 1.82) is 0 Å². The first-order chi connectivity index (χ1) is 32.5. The molecule has 4 aromatic heterocycles. The van der Waals surface area contributed by atoms with Gasteiger partial charge in [0.1, 0.15) is 5.82 Å². The minimum absolute atomic E-state index is 0.00000591. The molecule has 3 fully saturated rings. The second-order valence-corrected chi connectivity index (χ2v) is 19.5.